The van der Waals surface area contributed by atoms with Gasteiger partial charge in [0.1, 0.15) is 11.5 Å². The molecule has 134 valence electrons. The molecule has 0 saturated heterocycles. The van der Waals surface area contributed by atoms with Gasteiger partial charge in [-0.2, -0.15) is 0 Å². The van der Waals surface area contributed by atoms with Crippen molar-refractivity contribution < 1.29 is 23.1 Å². The van der Waals surface area contributed by atoms with Crippen molar-refractivity contribution in [1.82, 2.24) is 14.8 Å². The van der Waals surface area contributed by atoms with Crippen LogP contribution in [0.3, 0.4) is 0 Å². The van der Waals surface area contributed by atoms with Gasteiger partial charge in [0.25, 0.3) is 5.89 Å². The quantitative estimate of drug-likeness (QED) is 0.514. The predicted molar refractivity (Wildman–Crippen MR) is 88.9 cm³/mol. The molecule has 0 spiro atoms. The van der Waals surface area contributed by atoms with Crippen LogP contribution < -0.4 is 0 Å². The van der Waals surface area contributed by atoms with Gasteiger partial charge >= 0.3 is 5.97 Å². The van der Waals surface area contributed by atoms with Crippen LogP contribution in [0.4, 0.5) is 4.39 Å². The number of aryl methyl sites for hydroxylation is 1. The summed E-state index contributed by atoms with van der Waals surface area (Å²) in [6, 6.07) is 7.05. The van der Waals surface area contributed by atoms with Gasteiger partial charge in [0.2, 0.25) is 5.89 Å². The zero-order valence-electron chi connectivity index (χ0n) is 14.4. The van der Waals surface area contributed by atoms with Gasteiger partial charge in [-0.3, -0.25) is 4.79 Å². The normalized spacial score (nSPS) is 12.0. The molecule has 1 atom stereocenters. The number of rotatable bonds is 5. The lowest BCUT2D eigenvalue weighted by atomic mass is 10.2. The average Bonchev–Trinajstić information content (AvgIpc) is 3.22. The van der Waals surface area contributed by atoms with Crippen molar-refractivity contribution in [1.29, 1.82) is 0 Å². The number of Topliss-reactive ketones (excluding diaryl/α,β-unsaturated/α-hetero) is 1. The van der Waals surface area contributed by atoms with Crippen LogP contribution in [0.5, 0.6) is 0 Å². The second-order valence-electron chi connectivity index (χ2n) is 5.78. The van der Waals surface area contributed by atoms with Crippen LogP contribution in [-0.2, 0) is 11.8 Å². The van der Waals surface area contributed by atoms with E-state index in [0.717, 1.165) is 0 Å². The Kier molecular flexibility index (Phi) is 4.66. The fourth-order valence-electron chi connectivity index (χ4n) is 2.34. The SMILES string of the molecule is CC(=O)c1cc(C(=O)O[C@@H](C)c2nnc(-c3ccc(F)cc3)o2)n(C)c1. The number of benzene rings is 1. The predicted octanol–water partition coefficient (Wildman–Crippen LogP) is 3.33. The zero-order valence-corrected chi connectivity index (χ0v) is 14.4. The lowest BCUT2D eigenvalue weighted by Gasteiger charge is -2.09. The van der Waals surface area contributed by atoms with E-state index in [9.17, 15) is 14.0 Å². The maximum absolute atomic E-state index is 13.0. The summed E-state index contributed by atoms with van der Waals surface area (Å²) in [6.45, 7) is 3.01. The largest absolute Gasteiger partial charge is 0.448 e. The van der Waals surface area contributed by atoms with Gasteiger partial charge in [-0.15, -0.1) is 10.2 Å². The summed E-state index contributed by atoms with van der Waals surface area (Å²) in [7, 11) is 1.65. The van der Waals surface area contributed by atoms with Gasteiger partial charge in [0.05, 0.1) is 0 Å². The Balaban J connectivity index is 1.74. The topological polar surface area (TPSA) is 87.2 Å². The monoisotopic (exact) mass is 357 g/mol. The number of ketones is 1. The third-order valence-corrected chi connectivity index (χ3v) is 3.78. The Morgan fingerprint density at radius 1 is 1.23 bits per heavy atom. The van der Waals surface area contributed by atoms with Crippen LogP contribution in [0.15, 0.2) is 40.9 Å². The van der Waals surface area contributed by atoms with Crippen LogP contribution in [-0.4, -0.2) is 26.5 Å². The second kappa shape index (κ2) is 6.91. The number of carbonyl (C=O) groups is 2. The van der Waals surface area contributed by atoms with E-state index in [-0.39, 0.29) is 29.1 Å². The Morgan fingerprint density at radius 2 is 1.92 bits per heavy atom. The second-order valence-corrected chi connectivity index (χ2v) is 5.78. The number of hydrogen-bond acceptors (Lipinski definition) is 6. The van der Waals surface area contributed by atoms with Crippen molar-refractivity contribution in [3.63, 3.8) is 0 Å². The number of halogens is 1. The number of nitrogens with zero attached hydrogens (tertiary/aromatic N) is 3. The van der Waals surface area contributed by atoms with E-state index in [1.807, 2.05) is 0 Å². The molecule has 2 aromatic heterocycles. The first-order valence-electron chi connectivity index (χ1n) is 7.82. The fourth-order valence-corrected chi connectivity index (χ4v) is 2.34. The van der Waals surface area contributed by atoms with Gasteiger partial charge in [-0.25, -0.2) is 9.18 Å². The molecule has 0 radical (unpaired) electrons. The molecular formula is C18H16FN3O4. The van der Waals surface area contributed by atoms with Crippen molar-refractivity contribution in [3.8, 4) is 11.5 Å². The molecular weight excluding hydrogens is 341 g/mol. The van der Waals surface area contributed by atoms with Gasteiger partial charge < -0.3 is 13.7 Å². The van der Waals surface area contributed by atoms with Crippen molar-refractivity contribution >= 4 is 11.8 Å². The van der Waals surface area contributed by atoms with E-state index < -0.39 is 12.1 Å². The number of aromatic nitrogens is 3. The van der Waals surface area contributed by atoms with E-state index in [0.29, 0.717) is 11.1 Å². The highest BCUT2D eigenvalue weighted by Gasteiger charge is 2.22. The van der Waals surface area contributed by atoms with Gasteiger partial charge in [0, 0.05) is 24.4 Å². The molecule has 8 heteroatoms. The smallest absolute Gasteiger partial charge is 0.355 e. The molecule has 0 fully saturated rings. The van der Waals surface area contributed by atoms with E-state index in [1.165, 1.54) is 41.8 Å². The van der Waals surface area contributed by atoms with Crippen molar-refractivity contribution in [3.05, 3.63) is 59.5 Å². The Hall–Kier alpha value is -3.29. The lowest BCUT2D eigenvalue weighted by Crippen LogP contribution is -2.12. The molecule has 0 saturated carbocycles. The van der Waals surface area contributed by atoms with Gasteiger partial charge in [0.15, 0.2) is 11.9 Å². The standard InChI is InChI=1S/C18H16FN3O4/c1-10(23)13-8-15(22(3)9-13)18(24)25-11(2)16-20-21-17(26-16)12-4-6-14(19)7-5-12/h4-9,11H,1-3H3/t11-/m0/s1. The van der Waals surface area contributed by atoms with Crippen LogP contribution in [0.25, 0.3) is 11.5 Å². The molecule has 0 unspecified atom stereocenters. The highest BCUT2D eigenvalue weighted by Crippen LogP contribution is 2.23. The third kappa shape index (κ3) is 3.53. The molecule has 0 amide bonds. The molecule has 0 aliphatic carbocycles. The average molecular weight is 357 g/mol. The summed E-state index contributed by atoms with van der Waals surface area (Å²) in [5.74, 6) is -0.829. The molecule has 3 rings (SSSR count). The van der Waals surface area contributed by atoms with Crippen molar-refractivity contribution in [2.75, 3.05) is 0 Å². The molecule has 0 bridgehead atoms. The molecule has 0 aliphatic rings. The molecule has 1 aromatic carbocycles. The maximum atomic E-state index is 13.0. The van der Waals surface area contributed by atoms with E-state index in [4.69, 9.17) is 9.15 Å². The first-order chi connectivity index (χ1) is 12.3. The Morgan fingerprint density at radius 3 is 2.54 bits per heavy atom. The molecule has 0 N–H and O–H groups in total. The fraction of sp³-hybridized carbons (Fsp3) is 0.222. The van der Waals surface area contributed by atoms with E-state index in [1.54, 1.807) is 20.2 Å². The molecule has 7 nitrogen and oxygen atoms in total. The lowest BCUT2D eigenvalue weighted by molar-refractivity contribution is 0.0269. The van der Waals surface area contributed by atoms with E-state index >= 15 is 0 Å². The minimum absolute atomic E-state index is 0.110. The van der Waals surface area contributed by atoms with Crippen LogP contribution in [0, 0.1) is 5.82 Å². The van der Waals surface area contributed by atoms with E-state index in [2.05, 4.69) is 10.2 Å². The summed E-state index contributed by atoms with van der Waals surface area (Å²) < 4.78 is 25.3. The minimum atomic E-state index is -0.792. The summed E-state index contributed by atoms with van der Waals surface area (Å²) in [5, 5.41) is 7.75. The van der Waals surface area contributed by atoms with Crippen LogP contribution in [0.1, 0.15) is 46.7 Å². The number of ether oxygens (including phenoxy) is 1. The molecule has 26 heavy (non-hydrogen) atoms. The van der Waals surface area contributed by atoms with Crippen LogP contribution in [0.2, 0.25) is 0 Å². The zero-order chi connectivity index (χ0) is 18.8. The Labute approximate surface area is 148 Å². The summed E-state index contributed by atoms with van der Waals surface area (Å²) >= 11 is 0. The summed E-state index contributed by atoms with van der Waals surface area (Å²) in [4.78, 5) is 23.7. The highest BCUT2D eigenvalue weighted by atomic mass is 19.1. The van der Waals surface area contributed by atoms with Crippen LogP contribution >= 0.6 is 0 Å². The third-order valence-electron chi connectivity index (χ3n) is 3.78. The Bertz CT molecular complexity index is 959. The summed E-state index contributed by atoms with van der Waals surface area (Å²) in [6.07, 6.45) is 0.767. The van der Waals surface area contributed by atoms with Crippen molar-refractivity contribution in [2.45, 2.75) is 20.0 Å². The van der Waals surface area contributed by atoms with Gasteiger partial charge in [-0.05, 0) is 44.2 Å². The molecule has 0 aliphatic heterocycles. The molecule has 2 heterocycles. The maximum Gasteiger partial charge on any atom is 0.355 e. The number of carbonyl (C=O) groups excluding carboxylic acids is 2. The van der Waals surface area contributed by atoms with Crippen molar-refractivity contribution in [2.24, 2.45) is 7.05 Å². The van der Waals surface area contributed by atoms with Gasteiger partial charge in [-0.1, -0.05) is 0 Å². The first-order valence-corrected chi connectivity index (χ1v) is 7.82. The number of esters is 1. The number of hydrogen-bond donors (Lipinski definition) is 0. The highest BCUT2D eigenvalue weighted by molar-refractivity contribution is 5.97. The minimum Gasteiger partial charge on any atom is -0.448 e. The summed E-state index contributed by atoms with van der Waals surface area (Å²) in [5.41, 5.74) is 1.21. The first kappa shape index (κ1) is 17.5. The molecule has 3 aromatic rings.